The summed E-state index contributed by atoms with van der Waals surface area (Å²) in [6.45, 7) is 1.75. The molecule has 1 atom stereocenters. The zero-order chi connectivity index (χ0) is 25.0. The zero-order valence-electron chi connectivity index (χ0n) is 20.1. The van der Waals surface area contributed by atoms with Gasteiger partial charge in [-0.25, -0.2) is 8.78 Å². The number of carbonyl (C=O) groups is 3. The molecule has 3 amide bonds. The van der Waals surface area contributed by atoms with E-state index >= 15 is 0 Å². The number of para-hydroxylation sites is 1. The molecule has 0 saturated carbocycles. The summed E-state index contributed by atoms with van der Waals surface area (Å²) in [6.07, 6.45) is 4.56. The zero-order valence-corrected chi connectivity index (χ0v) is 20.1. The number of likely N-dealkylation sites (tertiary alicyclic amines) is 1. The Balaban J connectivity index is 1.26. The van der Waals surface area contributed by atoms with Crippen molar-refractivity contribution in [2.75, 3.05) is 25.0 Å². The second-order valence-corrected chi connectivity index (χ2v) is 9.62. The molecule has 2 N–H and O–H groups in total. The second kappa shape index (κ2) is 10.8. The summed E-state index contributed by atoms with van der Waals surface area (Å²) in [5.74, 6) is -3.69. The van der Waals surface area contributed by atoms with Crippen LogP contribution in [0.3, 0.4) is 0 Å². The number of hydrogen-bond acceptors (Lipinski definition) is 5. The fourth-order valence-corrected chi connectivity index (χ4v) is 4.97. The van der Waals surface area contributed by atoms with Crippen LogP contribution in [0.1, 0.15) is 69.4 Å². The number of piperidine rings is 2. The van der Waals surface area contributed by atoms with Gasteiger partial charge in [-0.2, -0.15) is 5.10 Å². The highest BCUT2D eigenvalue weighted by atomic mass is 19.3. The molecular formula is C25H33F2N5O3. The average molecular weight is 490 g/mol. The Hall–Kier alpha value is -2.88. The summed E-state index contributed by atoms with van der Waals surface area (Å²) in [4.78, 5) is 38.5. The number of fused-ring (bicyclic) bond motifs is 1. The molecule has 1 aromatic carbocycles. The van der Waals surface area contributed by atoms with Crippen LogP contribution < -0.4 is 10.6 Å². The lowest BCUT2D eigenvalue weighted by Gasteiger charge is -2.31. The van der Waals surface area contributed by atoms with Gasteiger partial charge in [0.25, 0.3) is 5.92 Å². The summed E-state index contributed by atoms with van der Waals surface area (Å²) in [5.41, 5.74) is 2.00. The number of alkyl halides is 2. The quantitative estimate of drug-likeness (QED) is 0.414. The van der Waals surface area contributed by atoms with E-state index in [1.54, 1.807) is 11.7 Å². The van der Waals surface area contributed by atoms with Gasteiger partial charge in [-0.15, -0.1) is 0 Å². The molecule has 2 aliphatic heterocycles. The van der Waals surface area contributed by atoms with Crippen molar-refractivity contribution < 1.29 is 23.2 Å². The van der Waals surface area contributed by atoms with Crippen molar-refractivity contribution in [2.45, 2.75) is 69.6 Å². The van der Waals surface area contributed by atoms with E-state index in [0.717, 1.165) is 43.1 Å². The van der Waals surface area contributed by atoms with Crippen LogP contribution in [0.15, 0.2) is 18.2 Å². The molecule has 3 heterocycles. The first-order valence-corrected chi connectivity index (χ1v) is 12.4. The lowest BCUT2D eigenvalue weighted by atomic mass is 9.92. The largest absolute Gasteiger partial charge is 0.324 e. The van der Waals surface area contributed by atoms with Gasteiger partial charge in [0, 0.05) is 51.2 Å². The fourth-order valence-electron chi connectivity index (χ4n) is 4.97. The molecule has 4 rings (SSSR count). The molecule has 1 unspecified atom stereocenters. The summed E-state index contributed by atoms with van der Waals surface area (Å²) in [6, 6.07) is 5.52. The van der Waals surface area contributed by atoms with Crippen LogP contribution in [0.5, 0.6) is 0 Å². The number of hydrogen-bond donors (Lipinski definition) is 2. The van der Waals surface area contributed by atoms with Gasteiger partial charge in [0.15, 0.2) is 0 Å². The van der Waals surface area contributed by atoms with Crippen LogP contribution in [0.4, 0.5) is 14.5 Å². The number of benzene rings is 1. The number of carbonyl (C=O) groups excluding carboxylic acids is 3. The number of rotatable bonds is 9. The second-order valence-electron chi connectivity index (χ2n) is 9.62. The first kappa shape index (κ1) is 25.2. The van der Waals surface area contributed by atoms with Crippen molar-refractivity contribution in [3.63, 3.8) is 0 Å². The van der Waals surface area contributed by atoms with Gasteiger partial charge >= 0.3 is 0 Å². The third-order valence-corrected chi connectivity index (χ3v) is 6.95. The molecule has 2 saturated heterocycles. The predicted octanol–water partition coefficient (Wildman–Crippen LogP) is 3.71. The van der Waals surface area contributed by atoms with Crippen molar-refractivity contribution in [1.82, 2.24) is 20.0 Å². The first-order valence-electron chi connectivity index (χ1n) is 12.4. The fraction of sp³-hybridized carbons (Fsp3) is 0.600. The number of nitrogens with one attached hydrogen (secondary N) is 2. The van der Waals surface area contributed by atoms with Gasteiger partial charge in [-0.05, 0) is 31.9 Å². The van der Waals surface area contributed by atoms with Crippen molar-refractivity contribution >= 4 is 34.3 Å². The van der Waals surface area contributed by atoms with Gasteiger partial charge in [0.1, 0.15) is 0 Å². The average Bonchev–Trinajstić information content (AvgIpc) is 3.14. The highest BCUT2D eigenvalue weighted by molar-refractivity contribution is 6.05. The van der Waals surface area contributed by atoms with E-state index < -0.39 is 11.8 Å². The molecule has 190 valence electrons. The van der Waals surface area contributed by atoms with E-state index in [0.29, 0.717) is 37.3 Å². The number of amides is 3. The first-order chi connectivity index (χ1) is 16.7. The van der Waals surface area contributed by atoms with Gasteiger partial charge in [0.05, 0.1) is 22.8 Å². The third-order valence-electron chi connectivity index (χ3n) is 6.95. The maximum Gasteiger partial charge on any atom is 0.250 e. The van der Waals surface area contributed by atoms with E-state index in [9.17, 15) is 23.2 Å². The smallest absolute Gasteiger partial charge is 0.250 e. The predicted molar refractivity (Wildman–Crippen MR) is 128 cm³/mol. The summed E-state index contributed by atoms with van der Waals surface area (Å²) in [5, 5.41) is 10.7. The Labute approximate surface area is 203 Å². The molecular weight excluding hydrogens is 456 g/mol. The number of imide groups is 1. The number of aromatic nitrogens is 2. The molecule has 8 nitrogen and oxygen atoms in total. The molecule has 0 bridgehead atoms. The number of unbranched alkanes of at least 4 members (excludes halogenated alkanes) is 3. The van der Waals surface area contributed by atoms with Crippen molar-refractivity contribution in [2.24, 2.45) is 7.05 Å². The van der Waals surface area contributed by atoms with Crippen LogP contribution >= 0.6 is 0 Å². The van der Waals surface area contributed by atoms with Crippen LogP contribution in [-0.2, 0) is 21.4 Å². The van der Waals surface area contributed by atoms with E-state index in [1.807, 2.05) is 18.2 Å². The van der Waals surface area contributed by atoms with Crippen molar-refractivity contribution in [3.05, 3.63) is 23.9 Å². The highest BCUT2D eigenvalue weighted by Gasteiger charge is 2.34. The summed E-state index contributed by atoms with van der Waals surface area (Å²) >= 11 is 0. The Morgan fingerprint density at radius 3 is 2.66 bits per heavy atom. The molecule has 2 fully saturated rings. The monoisotopic (exact) mass is 489 g/mol. The molecule has 2 aromatic rings. The van der Waals surface area contributed by atoms with E-state index in [1.165, 1.54) is 0 Å². The Bertz CT molecular complexity index is 1090. The number of anilines is 1. The summed E-state index contributed by atoms with van der Waals surface area (Å²) in [7, 11) is 1.77. The molecule has 0 spiro atoms. The van der Waals surface area contributed by atoms with E-state index in [4.69, 9.17) is 0 Å². The van der Waals surface area contributed by atoms with Gasteiger partial charge < -0.3 is 10.2 Å². The maximum atomic E-state index is 13.2. The van der Waals surface area contributed by atoms with Crippen LogP contribution in [-0.4, -0.2) is 58.0 Å². The van der Waals surface area contributed by atoms with Crippen LogP contribution in [0, 0.1) is 0 Å². The number of nitrogens with zero attached hydrogens (tertiary/aromatic N) is 3. The molecule has 0 radical (unpaired) electrons. The van der Waals surface area contributed by atoms with Gasteiger partial charge in [0.2, 0.25) is 17.7 Å². The topological polar surface area (TPSA) is 96.3 Å². The lowest BCUT2D eigenvalue weighted by Crippen LogP contribution is -2.39. The SMILES string of the molecule is Cn1nc(C2CCC(=O)NC2=O)c2cccc(NC(=O)CCCCCCN3CCC(F)(F)CC3)c21. The molecule has 35 heavy (non-hydrogen) atoms. The normalized spacial score (nSPS) is 20.7. The number of aryl methyl sites for hydroxylation is 1. The van der Waals surface area contributed by atoms with Gasteiger partial charge in [-0.3, -0.25) is 24.4 Å². The highest BCUT2D eigenvalue weighted by Crippen LogP contribution is 2.33. The Morgan fingerprint density at radius 1 is 1.17 bits per heavy atom. The third kappa shape index (κ3) is 6.22. The minimum absolute atomic E-state index is 0.0500. The van der Waals surface area contributed by atoms with E-state index in [2.05, 4.69) is 20.6 Å². The summed E-state index contributed by atoms with van der Waals surface area (Å²) < 4.78 is 28.1. The van der Waals surface area contributed by atoms with Crippen molar-refractivity contribution in [1.29, 1.82) is 0 Å². The van der Waals surface area contributed by atoms with E-state index in [-0.39, 0.29) is 37.0 Å². The Kier molecular flexibility index (Phi) is 7.78. The van der Waals surface area contributed by atoms with Crippen LogP contribution in [0.25, 0.3) is 10.9 Å². The maximum absolute atomic E-state index is 13.2. The minimum atomic E-state index is -2.50. The van der Waals surface area contributed by atoms with Crippen molar-refractivity contribution in [3.8, 4) is 0 Å². The van der Waals surface area contributed by atoms with Gasteiger partial charge in [-0.1, -0.05) is 25.0 Å². The minimum Gasteiger partial charge on any atom is -0.324 e. The molecule has 1 aromatic heterocycles. The number of halogens is 2. The lowest BCUT2D eigenvalue weighted by molar-refractivity contribution is -0.134. The molecule has 10 heteroatoms. The molecule has 0 aliphatic carbocycles. The Morgan fingerprint density at radius 2 is 1.91 bits per heavy atom. The molecule has 2 aliphatic rings. The standard InChI is InChI=1S/C25H33F2N5O3/c1-31-23-17(22(30-31)18-10-11-21(34)29-24(18)35)7-6-8-19(23)28-20(33)9-4-2-3-5-14-32-15-12-25(26,27)13-16-32/h6-8,18H,2-5,9-16H2,1H3,(H,28,33)(H,29,34,35). The van der Waals surface area contributed by atoms with Crippen LogP contribution in [0.2, 0.25) is 0 Å².